The summed E-state index contributed by atoms with van der Waals surface area (Å²) in [6, 6.07) is 2.14. The maximum Gasteiger partial charge on any atom is 0.416 e. The van der Waals surface area contributed by atoms with Crippen LogP contribution in [0.2, 0.25) is 0 Å². The van der Waals surface area contributed by atoms with Crippen molar-refractivity contribution in [3.05, 3.63) is 46.1 Å². The largest absolute Gasteiger partial charge is 0.416 e. The van der Waals surface area contributed by atoms with E-state index in [4.69, 9.17) is 4.18 Å². The van der Waals surface area contributed by atoms with Crippen molar-refractivity contribution in [3.63, 3.8) is 0 Å². The minimum Gasteiger partial charge on any atom is -0.363 e. The molecule has 1 aromatic carbocycles. The van der Waals surface area contributed by atoms with E-state index in [0.717, 1.165) is 10.7 Å². The van der Waals surface area contributed by atoms with Crippen molar-refractivity contribution in [3.8, 4) is 5.88 Å². The molecule has 0 saturated heterocycles. The van der Waals surface area contributed by atoms with Gasteiger partial charge in [-0.3, -0.25) is 4.79 Å². The molecular weight excluding hydrogens is 437 g/mol. The van der Waals surface area contributed by atoms with Crippen LogP contribution in [0.1, 0.15) is 51.5 Å². The number of alkyl halides is 3. The highest BCUT2D eigenvalue weighted by molar-refractivity contribution is 7.71. The molecule has 0 bridgehead atoms. The predicted molar refractivity (Wildman–Crippen MR) is 95.0 cm³/mol. The smallest absolute Gasteiger partial charge is 0.363 e. The predicted octanol–water partition coefficient (Wildman–Crippen LogP) is 1.56. The number of aryl methyl sites for hydroxylation is 1. The first-order chi connectivity index (χ1) is 13.5. The molecule has 0 N–H and O–H groups in total. The van der Waals surface area contributed by atoms with Gasteiger partial charge in [-0.05, 0) is 30.5 Å². The molecule has 0 atom stereocenters. The zero-order chi connectivity index (χ0) is 21.5. The highest BCUT2D eigenvalue weighted by atomic mass is 32.2. The molecule has 29 heavy (non-hydrogen) atoms. The Morgan fingerprint density at radius 1 is 1.24 bits per heavy atom. The van der Waals surface area contributed by atoms with Crippen LogP contribution >= 0.6 is 0 Å². The van der Waals surface area contributed by atoms with E-state index in [1.54, 1.807) is 0 Å². The summed E-state index contributed by atoms with van der Waals surface area (Å²) < 4.78 is 89.2. The van der Waals surface area contributed by atoms with Crippen LogP contribution in [-0.4, -0.2) is 32.4 Å². The summed E-state index contributed by atoms with van der Waals surface area (Å²) in [5.41, 5.74) is -1.67. The number of carbonyl (C=O) groups is 1. The van der Waals surface area contributed by atoms with E-state index in [2.05, 4.69) is 5.10 Å². The van der Waals surface area contributed by atoms with Crippen molar-refractivity contribution < 1.29 is 39.0 Å². The third kappa shape index (κ3) is 4.61. The number of thiol groups is 2. The molecule has 1 aromatic heterocycles. The molecule has 0 amide bonds. The number of hydrogen-bond acceptors (Lipinski definition) is 7. The van der Waals surface area contributed by atoms with Crippen LogP contribution in [0.4, 0.5) is 13.2 Å². The third-order valence-corrected chi connectivity index (χ3v) is 5.27. The second-order valence-corrected chi connectivity index (χ2v) is 8.08. The summed E-state index contributed by atoms with van der Waals surface area (Å²) in [6.07, 6.45) is -3.33. The zero-order valence-electron chi connectivity index (χ0n) is 14.8. The summed E-state index contributed by atoms with van der Waals surface area (Å²) in [7, 11) is -5.16. The van der Waals surface area contributed by atoms with Gasteiger partial charge in [0.15, 0.2) is 0 Å². The van der Waals surface area contributed by atoms with Gasteiger partial charge in [-0.2, -0.15) is 26.7 Å². The molecule has 0 radical (unpaired) electrons. The molecule has 13 heteroatoms. The Hall–Kier alpha value is -2.41. The molecule has 1 heterocycles. The molecule has 158 valence electrons. The Bertz CT molecular complexity index is 1110. The van der Waals surface area contributed by atoms with Gasteiger partial charge in [-0.15, -0.1) is 0 Å². The third-order valence-electron chi connectivity index (χ3n) is 4.35. The maximum absolute atomic E-state index is 13.2. The van der Waals surface area contributed by atoms with Crippen molar-refractivity contribution in [1.29, 1.82) is 0 Å². The molecule has 2 aromatic rings. The summed E-state index contributed by atoms with van der Waals surface area (Å²) in [5.74, 6) is -2.13. The van der Waals surface area contributed by atoms with E-state index in [-0.39, 0.29) is 34.2 Å². The number of carbonyl (C=O) groups excluding carboxylic acids is 1. The van der Waals surface area contributed by atoms with Crippen LogP contribution in [0, 0.1) is 0 Å². The molecule has 1 aliphatic carbocycles. The average molecular weight is 452 g/mol. The van der Waals surface area contributed by atoms with Crippen LogP contribution in [-0.2, 0) is 40.7 Å². The fourth-order valence-electron chi connectivity index (χ4n) is 2.96. The first kappa shape index (κ1) is 21.3. The van der Waals surface area contributed by atoms with Gasteiger partial charge in [0.2, 0.25) is 11.7 Å². The van der Waals surface area contributed by atoms with Crippen molar-refractivity contribution in [1.82, 2.24) is 9.78 Å². The second kappa shape index (κ2) is 7.78. The zero-order valence-corrected chi connectivity index (χ0v) is 16.6. The monoisotopic (exact) mass is 452 g/mol. The van der Waals surface area contributed by atoms with Crippen LogP contribution in [0.25, 0.3) is 0 Å². The van der Waals surface area contributed by atoms with Crippen molar-refractivity contribution in [2.24, 2.45) is 7.05 Å². The maximum atomic E-state index is 13.2. The molecule has 1 fully saturated rings. The van der Waals surface area contributed by atoms with Gasteiger partial charge in [-0.25, -0.2) is 13.1 Å². The summed E-state index contributed by atoms with van der Waals surface area (Å²) in [4.78, 5) is 13.2. The van der Waals surface area contributed by atoms with Gasteiger partial charge >= 0.3 is 17.2 Å². The number of hydrogen-bond donors (Lipinski definition) is 2. The molecule has 1 saturated carbocycles. The Balaban J connectivity index is 2.18. The Morgan fingerprint density at radius 3 is 2.41 bits per heavy atom. The summed E-state index contributed by atoms with van der Waals surface area (Å²) in [5, 5.41) is 4.12. The summed E-state index contributed by atoms with van der Waals surface area (Å²) >= 11 is 0. The number of nitrogens with zero attached hydrogens (tertiary/aromatic N) is 2. The van der Waals surface area contributed by atoms with Crippen molar-refractivity contribution in [2.45, 2.75) is 30.7 Å². The normalized spacial score (nSPS) is 14.6. The number of benzene rings is 1. The van der Waals surface area contributed by atoms with Crippen LogP contribution < -0.4 is 4.18 Å². The van der Waals surface area contributed by atoms with Gasteiger partial charge < -0.3 is 4.18 Å². The fourth-order valence-corrected chi connectivity index (χ4v) is 3.85. The molecule has 8 nitrogen and oxygen atoms in total. The Labute approximate surface area is 166 Å². The van der Waals surface area contributed by atoms with Gasteiger partial charge in [-0.1, -0.05) is 6.07 Å². The average Bonchev–Trinajstić information content (AvgIpc) is 3.38. The quantitative estimate of drug-likeness (QED) is 0.484. The van der Waals surface area contributed by atoms with Gasteiger partial charge in [0.25, 0.3) is 0 Å². The van der Waals surface area contributed by atoms with E-state index in [1.807, 2.05) is 0 Å². The van der Waals surface area contributed by atoms with Gasteiger partial charge in [0, 0.05) is 18.5 Å². The topological polar surface area (TPSA) is 112 Å². The number of rotatable bonds is 7. The Morgan fingerprint density at radius 2 is 1.90 bits per heavy atom. The molecule has 0 unspecified atom stereocenters. The number of halogens is 3. The van der Waals surface area contributed by atoms with Crippen molar-refractivity contribution in [2.75, 3.05) is 0 Å². The van der Waals surface area contributed by atoms with E-state index < -0.39 is 45.0 Å². The first-order valence-corrected chi connectivity index (χ1v) is 10.7. The fraction of sp³-hybridized carbons (Fsp3) is 0.375. The van der Waals surface area contributed by atoms with Crippen LogP contribution in [0.5, 0.6) is 5.88 Å². The van der Waals surface area contributed by atoms with E-state index in [9.17, 15) is 34.8 Å². The van der Waals surface area contributed by atoms with Crippen LogP contribution in [0.15, 0.2) is 18.2 Å². The summed E-state index contributed by atoms with van der Waals surface area (Å²) in [6.45, 7) is 0. The Kier molecular flexibility index (Phi) is 5.72. The lowest BCUT2D eigenvalue weighted by Gasteiger charge is -2.12. The number of aromatic nitrogens is 2. The van der Waals surface area contributed by atoms with E-state index in [0.29, 0.717) is 25.0 Å². The molecule has 3 rings (SSSR count). The molecular formula is C16H15F3N2O6S2. The standard InChI is InChI=1S/C16H15F3N2O6S2/c1-21-15(27-29(25)26)12(13(20-21)8-2-3-8)14(22)11-5-4-10(16(17,18)19)6-9(11)7-28(23)24/h4-6,8,28-29H,2-3,7H2,1H3. The highest BCUT2D eigenvalue weighted by Crippen LogP contribution is 2.44. The minimum absolute atomic E-state index is 0.115. The van der Waals surface area contributed by atoms with Crippen molar-refractivity contribution >= 4 is 27.5 Å². The van der Waals surface area contributed by atoms with Crippen LogP contribution in [0.3, 0.4) is 0 Å². The molecule has 0 spiro atoms. The lowest BCUT2D eigenvalue weighted by molar-refractivity contribution is -0.137. The SMILES string of the molecule is Cn1nc(C2CC2)c(C(=O)c2ccc(C(F)(F)F)cc2C[SH](=O)=O)c1O[SH](=O)=O. The highest BCUT2D eigenvalue weighted by Gasteiger charge is 2.37. The molecule has 0 aliphatic heterocycles. The lowest BCUT2D eigenvalue weighted by Crippen LogP contribution is -2.12. The first-order valence-electron chi connectivity index (χ1n) is 8.25. The molecule has 1 aliphatic rings. The van der Waals surface area contributed by atoms with E-state index >= 15 is 0 Å². The lowest BCUT2D eigenvalue weighted by atomic mass is 9.96. The number of ketones is 1. The van der Waals surface area contributed by atoms with E-state index in [1.165, 1.54) is 7.05 Å². The van der Waals surface area contributed by atoms with Gasteiger partial charge in [0.1, 0.15) is 16.3 Å². The van der Waals surface area contributed by atoms with Gasteiger partial charge in [0.05, 0.1) is 17.0 Å². The minimum atomic E-state index is -4.73. The second-order valence-electron chi connectivity index (χ2n) is 6.47.